The molecule has 190 valence electrons. The van der Waals surface area contributed by atoms with E-state index in [-0.39, 0.29) is 11.3 Å². The highest BCUT2D eigenvalue weighted by Crippen LogP contribution is 2.38. The fraction of sp³-hybridized carbons (Fsp3) is 0.250. The van der Waals surface area contributed by atoms with Crippen LogP contribution in [0, 0.1) is 5.82 Å². The standard InChI is InChI=1S/C24H24F4N6O2/c1-3-30-12-15(11-29)21(35)34-23(9-10-23)22(36)32-14(2)19-8-7-16(13-31-19)33-20-17(24(26,27)28)5-4-6-18(20)25/h3-8,11-14,33H,1,9-10,29H2,2H3,(H,32,36)(H,34,35)/b15-11+,30-12-. The highest BCUT2D eigenvalue weighted by Gasteiger charge is 2.51. The number of hydrogen-bond acceptors (Lipinski definition) is 6. The van der Waals surface area contributed by atoms with Gasteiger partial charge in [-0.15, -0.1) is 0 Å². The van der Waals surface area contributed by atoms with Crippen molar-refractivity contribution in [3.8, 4) is 0 Å². The molecule has 1 aliphatic carbocycles. The average molecular weight is 504 g/mol. The Morgan fingerprint density at radius 3 is 2.53 bits per heavy atom. The van der Waals surface area contributed by atoms with Crippen molar-refractivity contribution in [1.29, 1.82) is 0 Å². The number of alkyl halides is 3. The van der Waals surface area contributed by atoms with Crippen LogP contribution >= 0.6 is 0 Å². The summed E-state index contributed by atoms with van der Waals surface area (Å²) in [6, 6.07) is 4.99. The first-order valence-corrected chi connectivity index (χ1v) is 10.8. The van der Waals surface area contributed by atoms with Crippen molar-refractivity contribution in [2.75, 3.05) is 5.32 Å². The Kier molecular flexibility index (Phi) is 7.76. The number of benzene rings is 1. The number of hydrogen-bond donors (Lipinski definition) is 4. The quantitative estimate of drug-likeness (QED) is 0.235. The van der Waals surface area contributed by atoms with E-state index in [4.69, 9.17) is 5.73 Å². The lowest BCUT2D eigenvalue weighted by molar-refractivity contribution is -0.137. The van der Waals surface area contributed by atoms with Gasteiger partial charge in [0.1, 0.15) is 11.4 Å². The molecule has 8 nitrogen and oxygen atoms in total. The number of aliphatic imine (C=N–C) groups is 1. The van der Waals surface area contributed by atoms with E-state index < -0.39 is 46.6 Å². The number of pyridine rings is 1. The highest BCUT2D eigenvalue weighted by molar-refractivity contribution is 6.13. The third-order valence-electron chi connectivity index (χ3n) is 5.46. The van der Waals surface area contributed by atoms with Gasteiger partial charge in [0, 0.05) is 18.6 Å². The normalized spacial score (nSPS) is 15.8. The largest absolute Gasteiger partial charge is 0.418 e. The summed E-state index contributed by atoms with van der Waals surface area (Å²) in [7, 11) is 0. The van der Waals surface area contributed by atoms with E-state index in [1.165, 1.54) is 30.7 Å². The molecule has 5 N–H and O–H groups in total. The third-order valence-corrected chi connectivity index (χ3v) is 5.46. The number of para-hydroxylation sites is 1. The number of nitrogens with zero attached hydrogens (tertiary/aromatic N) is 2. The minimum atomic E-state index is -4.75. The van der Waals surface area contributed by atoms with Crippen LogP contribution in [-0.4, -0.2) is 28.6 Å². The van der Waals surface area contributed by atoms with Crippen LogP contribution < -0.4 is 21.7 Å². The predicted octanol–water partition coefficient (Wildman–Crippen LogP) is 3.87. The first-order chi connectivity index (χ1) is 17.0. The van der Waals surface area contributed by atoms with Crippen LogP contribution in [0.3, 0.4) is 0 Å². The summed E-state index contributed by atoms with van der Waals surface area (Å²) in [5, 5.41) is 7.84. The van der Waals surface area contributed by atoms with Gasteiger partial charge in [-0.2, -0.15) is 13.2 Å². The molecule has 2 aromatic rings. The first kappa shape index (κ1) is 26.4. The highest BCUT2D eigenvalue weighted by atomic mass is 19.4. The second kappa shape index (κ2) is 10.6. The molecule has 1 unspecified atom stereocenters. The van der Waals surface area contributed by atoms with Gasteiger partial charge in [-0.25, -0.2) is 4.39 Å². The van der Waals surface area contributed by atoms with E-state index >= 15 is 0 Å². The molecule has 0 spiro atoms. The Balaban J connectivity index is 1.66. The molecule has 1 fully saturated rings. The lowest BCUT2D eigenvalue weighted by Crippen LogP contribution is -2.50. The van der Waals surface area contributed by atoms with Crippen LogP contribution in [-0.2, 0) is 15.8 Å². The molecule has 1 aliphatic rings. The molecule has 1 heterocycles. The lowest BCUT2D eigenvalue weighted by Gasteiger charge is -2.21. The Morgan fingerprint density at radius 2 is 1.97 bits per heavy atom. The predicted molar refractivity (Wildman–Crippen MR) is 127 cm³/mol. The molecule has 1 atom stereocenters. The maximum absolute atomic E-state index is 14.1. The fourth-order valence-electron chi connectivity index (χ4n) is 3.31. The Bertz CT molecular complexity index is 1200. The monoisotopic (exact) mass is 504 g/mol. The fourth-order valence-corrected chi connectivity index (χ4v) is 3.31. The summed E-state index contributed by atoms with van der Waals surface area (Å²) < 4.78 is 53.7. The van der Waals surface area contributed by atoms with Crippen molar-refractivity contribution in [2.45, 2.75) is 37.5 Å². The van der Waals surface area contributed by atoms with Crippen molar-refractivity contribution < 1.29 is 27.2 Å². The Morgan fingerprint density at radius 1 is 1.25 bits per heavy atom. The van der Waals surface area contributed by atoms with Crippen LogP contribution in [0.2, 0.25) is 0 Å². The second-order valence-electron chi connectivity index (χ2n) is 8.07. The van der Waals surface area contributed by atoms with Crippen LogP contribution in [0.5, 0.6) is 0 Å². The lowest BCUT2D eigenvalue weighted by atomic mass is 10.1. The summed E-state index contributed by atoms with van der Waals surface area (Å²) in [5.41, 5.74) is 3.09. The molecule has 0 bridgehead atoms. The maximum atomic E-state index is 14.1. The van der Waals surface area contributed by atoms with Crippen LogP contribution in [0.25, 0.3) is 0 Å². The third kappa shape index (κ3) is 6.06. The van der Waals surface area contributed by atoms with Gasteiger partial charge in [0.15, 0.2) is 0 Å². The van der Waals surface area contributed by atoms with Crippen LogP contribution in [0.1, 0.15) is 37.1 Å². The van der Waals surface area contributed by atoms with Gasteiger partial charge >= 0.3 is 6.18 Å². The number of amides is 2. The molecule has 2 amide bonds. The van der Waals surface area contributed by atoms with Gasteiger partial charge in [0.05, 0.1) is 40.4 Å². The Labute approximate surface area is 204 Å². The number of nitrogens with two attached hydrogens (primary N) is 1. The zero-order chi connectivity index (χ0) is 26.5. The van der Waals surface area contributed by atoms with Crippen molar-refractivity contribution >= 4 is 29.4 Å². The van der Waals surface area contributed by atoms with Gasteiger partial charge in [-0.1, -0.05) is 12.6 Å². The number of carbonyl (C=O) groups excluding carboxylic acids is 2. The van der Waals surface area contributed by atoms with Gasteiger partial charge in [0.25, 0.3) is 5.91 Å². The van der Waals surface area contributed by atoms with Gasteiger partial charge in [0.2, 0.25) is 5.91 Å². The molecule has 36 heavy (non-hydrogen) atoms. The van der Waals surface area contributed by atoms with E-state index in [0.29, 0.717) is 18.5 Å². The average Bonchev–Trinajstić information content (AvgIpc) is 3.61. The van der Waals surface area contributed by atoms with E-state index in [1.54, 1.807) is 6.92 Å². The van der Waals surface area contributed by atoms with Gasteiger partial charge < -0.3 is 21.7 Å². The SMILES string of the molecule is C=C/N=C\C(=C/N)C(=O)NC1(C(=O)NC(C)c2ccc(Nc3c(F)cccc3C(F)(F)F)cn2)CC1. The number of rotatable bonds is 9. The minimum Gasteiger partial charge on any atom is -0.404 e. The molecule has 0 aliphatic heterocycles. The van der Waals surface area contributed by atoms with Crippen LogP contribution in [0.4, 0.5) is 28.9 Å². The summed E-state index contributed by atoms with van der Waals surface area (Å²) in [6.07, 6.45) is 0.856. The first-order valence-electron chi connectivity index (χ1n) is 10.8. The van der Waals surface area contributed by atoms with Crippen molar-refractivity contribution in [2.24, 2.45) is 10.7 Å². The number of halogens is 4. The molecule has 1 aromatic carbocycles. The summed E-state index contributed by atoms with van der Waals surface area (Å²) in [6.45, 7) is 5.07. The molecule has 1 saturated carbocycles. The zero-order valence-electron chi connectivity index (χ0n) is 19.2. The van der Waals surface area contributed by atoms with E-state index in [0.717, 1.165) is 24.4 Å². The topological polar surface area (TPSA) is 121 Å². The molecule has 3 rings (SSSR count). The van der Waals surface area contributed by atoms with Crippen molar-refractivity contribution in [3.05, 3.63) is 78.2 Å². The molecular formula is C24H24F4N6O2. The van der Waals surface area contributed by atoms with E-state index in [2.05, 4.69) is 32.5 Å². The second-order valence-corrected chi connectivity index (χ2v) is 8.07. The summed E-state index contributed by atoms with van der Waals surface area (Å²) in [5.74, 6) is -2.05. The summed E-state index contributed by atoms with van der Waals surface area (Å²) in [4.78, 5) is 33.2. The zero-order valence-corrected chi connectivity index (χ0v) is 19.2. The van der Waals surface area contributed by atoms with Gasteiger partial charge in [-0.3, -0.25) is 19.6 Å². The number of anilines is 2. The smallest absolute Gasteiger partial charge is 0.404 e. The summed E-state index contributed by atoms with van der Waals surface area (Å²) >= 11 is 0. The Hall–Kier alpha value is -4.22. The molecule has 1 aromatic heterocycles. The molecule has 0 radical (unpaired) electrons. The van der Waals surface area contributed by atoms with Gasteiger partial charge in [-0.05, 0) is 44.0 Å². The number of nitrogens with one attached hydrogen (secondary N) is 3. The number of aromatic nitrogens is 1. The molecule has 12 heteroatoms. The maximum Gasteiger partial charge on any atom is 0.418 e. The molecular weight excluding hydrogens is 480 g/mol. The number of carbonyl (C=O) groups is 2. The molecule has 0 saturated heterocycles. The van der Waals surface area contributed by atoms with E-state index in [1.807, 2.05) is 0 Å². The van der Waals surface area contributed by atoms with Crippen LogP contribution in [0.15, 0.2) is 66.1 Å². The van der Waals surface area contributed by atoms with E-state index in [9.17, 15) is 27.2 Å². The van der Waals surface area contributed by atoms with Crippen molar-refractivity contribution in [1.82, 2.24) is 15.6 Å². The van der Waals surface area contributed by atoms with Crippen molar-refractivity contribution in [3.63, 3.8) is 0 Å². The minimum absolute atomic E-state index is 0.0651.